The lowest BCUT2D eigenvalue weighted by atomic mass is 9.95. The van der Waals surface area contributed by atoms with E-state index >= 15 is 0 Å². The van der Waals surface area contributed by atoms with E-state index in [0.717, 1.165) is 5.56 Å². The Labute approximate surface area is 215 Å². The first-order valence-electron chi connectivity index (χ1n) is 11.7. The van der Waals surface area contributed by atoms with Crippen LogP contribution < -0.4 is 18.9 Å². The van der Waals surface area contributed by atoms with Crippen molar-refractivity contribution < 1.29 is 33.6 Å². The quantitative estimate of drug-likeness (QED) is 0.263. The normalized spacial score (nSPS) is 16.5. The third-order valence-corrected chi connectivity index (χ3v) is 6.41. The molecule has 0 saturated carbocycles. The predicted octanol–water partition coefficient (Wildman–Crippen LogP) is 4.39. The van der Waals surface area contributed by atoms with Crippen LogP contribution in [0.2, 0.25) is 0 Å². The van der Waals surface area contributed by atoms with Crippen molar-refractivity contribution in [3.8, 4) is 23.0 Å². The molecule has 4 rings (SSSR count). The molecule has 1 saturated heterocycles. The monoisotopic (exact) mass is 503 g/mol. The minimum atomic E-state index is -0.770. The second-order valence-corrected chi connectivity index (χ2v) is 8.41. The van der Waals surface area contributed by atoms with Gasteiger partial charge in [-0.2, -0.15) is 0 Å². The number of ketones is 1. The number of carbonyl (C=O) groups excluding carboxylic acids is 2. The van der Waals surface area contributed by atoms with Gasteiger partial charge in [0.05, 0.1) is 45.6 Å². The molecule has 3 aromatic carbocycles. The number of ether oxygens (including phenoxy) is 4. The van der Waals surface area contributed by atoms with Crippen molar-refractivity contribution in [1.82, 2.24) is 4.90 Å². The maximum atomic E-state index is 13.3. The maximum Gasteiger partial charge on any atom is 0.295 e. The Kier molecular flexibility index (Phi) is 7.67. The molecule has 1 N–H and O–H groups in total. The molecule has 1 amide bonds. The Morgan fingerprint density at radius 1 is 0.811 bits per heavy atom. The van der Waals surface area contributed by atoms with Crippen molar-refractivity contribution in [2.75, 3.05) is 35.0 Å². The van der Waals surface area contributed by atoms with E-state index in [1.807, 2.05) is 42.5 Å². The second kappa shape index (κ2) is 11.1. The fraction of sp³-hybridized carbons (Fsp3) is 0.241. The second-order valence-electron chi connectivity index (χ2n) is 8.41. The van der Waals surface area contributed by atoms with Crippen molar-refractivity contribution in [2.24, 2.45) is 0 Å². The summed E-state index contributed by atoms with van der Waals surface area (Å²) >= 11 is 0. The number of likely N-dealkylation sites (tertiary alicyclic amines) is 1. The first-order valence-corrected chi connectivity index (χ1v) is 11.7. The summed E-state index contributed by atoms with van der Waals surface area (Å²) in [6.45, 7) is 0.246. The molecule has 8 nitrogen and oxygen atoms in total. The molecule has 1 aliphatic heterocycles. The van der Waals surface area contributed by atoms with Gasteiger partial charge in [0.25, 0.3) is 11.7 Å². The molecule has 192 valence electrons. The van der Waals surface area contributed by atoms with Gasteiger partial charge in [-0.3, -0.25) is 9.59 Å². The van der Waals surface area contributed by atoms with E-state index in [4.69, 9.17) is 18.9 Å². The molecule has 3 aromatic rings. The van der Waals surface area contributed by atoms with Crippen LogP contribution in [0.1, 0.15) is 22.7 Å². The number of rotatable bonds is 9. The standard InChI is InChI=1S/C29H29NO7/c1-34-20-11-12-21(23(17-20)36-3)27(31)25-26(19-8-6-5-7-9-19)30(29(33)28(25)32)15-14-18-10-13-22(35-2)24(16-18)37-4/h5-13,16-17,26,31H,14-15H2,1-4H3/b27-25-. The number of aliphatic hydroxyl groups excluding tert-OH is 1. The third-order valence-electron chi connectivity index (χ3n) is 6.41. The number of carbonyl (C=O) groups is 2. The van der Waals surface area contributed by atoms with Gasteiger partial charge in [-0.25, -0.2) is 0 Å². The molecule has 37 heavy (non-hydrogen) atoms. The van der Waals surface area contributed by atoms with E-state index < -0.39 is 17.7 Å². The summed E-state index contributed by atoms with van der Waals surface area (Å²) in [6, 6.07) is 18.8. The number of Topliss-reactive ketones (excluding diaryl/α,β-unsaturated/α-hetero) is 1. The highest BCUT2D eigenvalue weighted by molar-refractivity contribution is 6.46. The molecular weight excluding hydrogens is 474 g/mol. The number of hydrogen-bond donors (Lipinski definition) is 1. The van der Waals surface area contributed by atoms with E-state index in [1.54, 1.807) is 38.5 Å². The van der Waals surface area contributed by atoms with Crippen LogP contribution in [0.25, 0.3) is 5.76 Å². The highest BCUT2D eigenvalue weighted by Gasteiger charge is 2.46. The summed E-state index contributed by atoms with van der Waals surface area (Å²) in [4.78, 5) is 28.1. The van der Waals surface area contributed by atoms with E-state index in [1.165, 1.54) is 19.1 Å². The van der Waals surface area contributed by atoms with Gasteiger partial charge < -0.3 is 29.0 Å². The summed E-state index contributed by atoms with van der Waals surface area (Å²) in [5, 5.41) is 11.4. The van der Waals surface area contributed by atoms with Gasteiger partial charge in [0.2, 0.25) is 0 Å². The molecular formula is C29H29NO7. The van der Waals surface area contributed by atoms with Crippen molar-refractivity contribution in [2.45, 2.75) is 12.5 Å². The average molecular weight is 504 g/mol. The number of amides is 1. The topological polar surface area (TPSA) is 94.5 Å². The molecule has 0 aliphatic carbocycles. The molecule has 1 atom stereocenters. The van der Waals surface area contributed by atoms with E-state index in [0.29, 0.717) is 40.5 Å². The van der Waals surface area contributed by atoms with Gasteiger partial charge in [0.15, 0.2) is 11.5 Å². The van der Waals surface area contributed by atoms with Crippen LogP contribution in [0.3, 0.4) is 0 Å². The highest BCUT2D eigenvalue weighted by Crippen LogP contribution is 2.41. The smallest absolute Gasteiger partial charge is 0.295 e. The summed E-state index contributed by atoms with van der Waals surface area (Å²) < 4.78 is 21.4. The predicted molar refractivity (Wildman–Crippen MR) is 138 cm³/mol. The van der Waals surface area contributed by atoms with Crippen LogP contribution in [0.4, 0.5) is 0 Å². The maximum absolute atomic E-state index is 13.3. The molecule has 0 spiro atoms. The zero-order valence-electron chi connectivity index (χ0n) is 21.2. The molecule has 1 aliphatic rings. The van der Waals surface area contributed by atoms with E-state index in [-0.39, 0.29) is 17.9 Å². The molecule has 1 fully saturated rings. The number of aliphatic hydroxyl groups is 1. The Bertz CT molecular complexity index is 1330. The number of hydrogen-bond acceptors (Lipinski definition) is 7. The highest BCUT2D eigenvalue weighted by atomic mass is 16.5. The lowest BCUT2D eigenvalue weighted by molar-refractivity contribution is -0.139. The Hall–Kier alpha value is -4.46. The van der Waals surface area contributed by atoms with Crippen LogP contribution >= 0.6 is 0 Å². The zero-order valence-corrected chi connectivity index (χ0v) is 21.2. The minimum absolute atomic E-state index is 0.00646. The van der Waals surface area contributed by atoms with Crippen molar-refractivity contribution in [1.29, 1.82) is 0 Å². The fourth-order valence-corrected chi connectivity index (χ4v) is 4.52. The number of nitrogens with zero attached hydrogens (tertiary/aromatic N) is 1. The molecule has 1 unspecified atom stereocenters. The van der Waals surface area contributed by atoms with Gasteiger partial charge in [-0.1, -0.05) is 36.4 Å². The summed E-state index contributed by atoms with van der Waals surface area (Å²) in [7, 11) is 6.10. The fourth-order valence-electron chi connectivity index (χ4n) is 4.52. The van der Waals surface area contributed by atoms with Crippen molar-refractivity contribution in [3.63, 3.8) is 0 Å². The molecule has 0 bridgehead atoms. The first kappa shape index (κ1) is 25.6. The number of benzene rings is 3. The first-order chi connectivity index (χ1) is 17.9. The van der Waals surface area contributed by atoms with Gasteiger partial charge >= 0.3 is 0 Å². The summed E-state index contributed by atoms with van der Waals surface area (Å²) in [5.41, 5.74) is 1.92. The number of methoxy groups -OCH3 is 4. The molecule has 1 heterocycles. The lowest BCUT2D eigenvalue weighted by Gasteiger charge is -2.25. The SMILES string of the molecule is COc1ccc(/C(O)=C2/C(=O)C(=O)N(CCc3ccc(OC)c(OC)c3)C2c2ccccc2)c(OC)c1. The van der Waals surface area contributed by atoms with Crippen LogP contribution in [0.15, 0.2) is 72.3 Å². The molecule has 0 radical (unpaired) electrons. The van der Waals surface area contributed by atoms with Crippen molar-refractivity contribution in [3.05, 3.63) is 89.0 Å². The van der Waals surface area contributed by atoms with Crippen LogP contribution in [0.5, 0.6) is 23.0 Å². The molecule has 0 aromatic heterocycles. The van der Waals surface area contributed by atoms with Gasteiger partial charge in [-0.05, 0) is 41.8 Å². The van der Waals surface area contributed by atoms with Gasteiger partial charge in [0.1, 0.15) is 17.3 Å². The summed E-state index contributed by atoms with van der Waals surface area (Å²) in [6.07, 6.45) is 0.461. The minimum Gasteiger partial charge on any atom is -0.507 e. The van der Waals surface area contributed by atoms with Crippen LogP contribution in [-0.2, 0) is 16.0 Å². The summed E-state index contributed by atoms with van der Waals surface area (Å²) in [5.74, 6) is 0.293. The van der Waals surface area contributed by atoms with Crippen LogP contribution in [-0.4, -0.2) is 56.7 Å². The largest absolute Gasteiger partial charge is 0.507 e. The Morgan fingerprint density at radius 2 is 1.51 bits per heavy atom. The van der Waals surface area contributed by atoms with Gasteiger partial charge in [0, 0.05) is 12.6 Å². The average Bonchev–Trinajstić information content (AvgIpc) is 3.20. The molecule has 8 heteroatoms. The van der Waals surface area contributed by atoms with E-state index in [2.05, 4.69) is 0 Å². The van der Waals surface area contributed by atoms with Gasteiger partial charge in [-0.15, -0.1) is 0 Å². The van der Waals surface area contributed by atoms with E-state index in [9.17, 15) is 14.7 Å². The third kappa shape index (κ3) is 4.95. The zero-order chi connectivity index (χ0) is 26.5. The van der Waals surface area contributed by atoms with Crippen LogP contribution in [0, 0.1) is 0 Å². The van der Waals surface area contributed by atoms with Crippen molar-refractivity contribution >= 4 is 17.4 Å². The Balaban J connectivity index is 1.76. The Morgan fingerprint density at radius 3 is 2.16 bits per heavy atom. The lowest BCUT2D eigenvalue weighted by Crippen LogP contribution is -2.31.